The van der Waals surface area contributed by atoms with E-state index in [1.807, 2.05) is 0 Å². The van der Waals surface area contributed by atoms with Crippen LogP contribution in [-0.4, -0.2) is 46.5 Å². The van der Waals surface area contributed by atoms with Gasteiger partial charge in [-0.05, 0) is 18.2 Å². The Morgan fingerprint density at radius 1 is 1.10 bits per heavy atom. The first-order valence-corrected chi connectivity index (χ1v) is 6.41. The Morgan fingerprint density at radius 3 is 2.67 bits per heavy atom. The quantitative estimate of drug-likeness (QED) is 0.647. The van der Waals surface area contributed by atoms with Crippen LogP contribution in [0.5, 0.6) is 5.75 Å². The molecule has 0 saturated carbocycles. The van der Waals surface area contributed by atoms with E-state index in [2.05, 4.69) is 0 Å². The highest BCUT2D eigenvalue weighted by Crippen LogP contribution is 2.24. The van der Waals surface area contributed by atoms with Crippen LogP contribution in [0.4, 0.5) is 0 Å². The van der Waals surface area contributed by atoms with Gasteiger partial charge in [-0.15, -0.1) is 0 Å². The molecule has 1 saturated heterocycles. The Morgan fingerprint density at radius 2 is 1.86 bits per heavy atom. The lowest BCUT2D eigenvalue weighted by molar-refractivity contribution is -0.242. The van der Waals surface area contributed by atoms with Crippen molar-refractivity contribution >= 4 is 11.0 Å². The van der Waals surface area contributed by atoms with Crippen LogP contribution < -0.4 is 10.4 Å². The maximum absolute atomic E-state index is 11.2. The average molecular weight is 294 g/mol. The van der Waals surface area contributed by atoms with E-state index < -0.39 is 30.2 Å². The molecule has 0 bridgehead atoms. The monoisotopic (exact) mass is 294 g/mol. The van der Waals surface area contributed by atoms with Crippen molar-refractivity contribution in [3.8, 4) is 5.75 Å². The Kier molecular flexibility index (Phi) is 3.64. The lowest BCUT2D eigenvalue weighted by Gasteiger charge is -2.34. The number of fused-ring (bicyclic) bond motifs is 1. The third-order valence-corrected chi connectivity index (χ3v) is 3.30. The highest BCUT2D eigenvalue weighted by atomic mass is 16.7. The Hall–Kier alpha value is -1.93. The van der Waals surface area contributed by atoms with Gasteiger partial charge >= 0.3 is 5.63 Å². The molecule has 1 fully saturated rings. The molecule has 1 aromatic heterocycles. The number of aliphatic hydroxyl groups excluding tert-OH is 3. The summed E-state index contributed by atoms with van der Waals surface area (Å²) in [6.45, 7) is -0.147. The molecule has 1 aromatic carbocycles. The molecule has 0 amide bonds. The van der Waals surface area contributed by atoms with Gasteiger partial charge in [-0.3, -0.25) is 0 Å². The molecule has 0 aliphatic carbocycles. The van der Waals surface area contributed by atoms with Crippen molar-refractivity contribution in [1.82, 2.24) is 0 Å². The van der Waals surface area contributed by atoms with Crippen molar-refractivity contribution < 1.29 is 29.2 Å². The van der Waals surface area contributed by atoms with Crippen LogP contribution in [0.1, 0.15) is 0 Å². The van der Waals surface area contributed by atoms with E-state index in [0.29, 0.717) is 11.3 Å². The highest BCUT2D eigenvalue weighted by Gasteiger charge is 2.38. The Labute approximate surface area is 119 Å². The minimum atomic E-state index is -1.38. The number of benzene rings is 1. The first kappa shape index (κ1) is 14.0. The van der Waals surface area contributed by atoms with E-state index in [1.165, 1.54) is 12.1 Å². The zero-order valence-electron chi connectivity index (χ0n) is 10.9. The van der Waals surface area contributed by atoms with Crippen molar-refractivity contribution in [2.75, 3.05) is 6.61 Å². The zero-order chi connectivity index (χ0) is 15.0. The minimum Gasteiger partial charge on any atom is -0.462 e. The molecule has 3 N–H and O–H groups in total. The molecule has 0 spiro atoms. The summed E-state index contributed by atoms with van der Waals surface area (Å²) in [5, 5.41) is 29.5. The Bertz CT molecular complexity index is 695. The lowest BCUT2D eigenvalue weighted by Crippen LogP contribution is -2.54. The number of ether oxygens (including phenoxy) is 2. The van der Waals surface area contributed by atoms with Gasteiger partial charge in [0.05, 0.1) is 6.61 Å². The third kappa shape index (κ3) is 2.77. The average Bonchev–Trinajstić information content (AvgIpc) is 2.47. The molecule has 2 aromatic rings. The number of hydrogen-bond donors (Lipinski definition) is 3. The first-order chi connectivity index (χ1) is 10.0. The summed E-state index contributed by atoms with van der Waals surface area (Å²) in [6.07, 6.45) is -5.00. The molecule has 0 radical (unpaired) electrons. The van der Waals surface area contributed by atoms with E-state index in [0.717, 1.165) is 5.39 Å². The summed E-state index contributed by atoms with van der Waals surface area (Å²) in [5.74, 6) is 0.310. The third-order valence-electron chi connectivity index (χ3n) is 3.30. The van der Waals surface area contributed by atoms with Crippen molar-refractivity contribution in [3.05, 3.63) is 40.8 Å². The van der Waals surface area contributed by atoms with Gasteiger partial charge in [-0.1, -0.05) is 0 Å². The van der Waals surface area contributed by atoms with Gasteiger partial charge in [-0.2, -0.15) is 0 Å². The Balaban J connectivity index is 1.83. The van der Waals surface area contributed by atoms with E-state index in [9.17, 15) is 20.1 Å². The molecule has 7 nitrogen and oxygen atoms in total. The fourth-order valence-corrected chi connectivity index (χ4v) is 2.13. The molecule has 112 valence electrons. The summed E-state index contributed by atoms with van der Waals surface area (Å²) in [4.78, 5) is 11.2. The SMILES string of the molecule is O=c1ccc2ccc(OC3OCC(O)C(O)C3O)cc2o1. The second-order valence-corrected chi connectivity index (χ2v) is 4.82. The van der Waals surface area contributed by atoms with Crippen LogP contribution in [0, 0.1) is 0 Å². The van der Waals surface area contributed by atoms with Crippen molar-refractivity contribution in [1.29, 1.82) is 0 Å². The molecular weight excluding hydrogens is 280 g/mol. The van der Waals surface area contributed by atoms with Crippen molar-refractivity contribution in [2.45, 2.75) is 24.6 Å². The van der Waals surface area contributed by atoms with E-state index >= 15 is 0 Å². The molecule has 4 unspecified atom stereocenters. The first-order valence-electron chi connectivity index (χ1n) is 6.41. The molecule has 1 aliphatic rings. The second-order valence-electron chi connectivity index (χ2n) is 4.82. The molecule has 3 rings (SSSR count). The van der Waals surface area contributed by atoms with Crippen LogP contribution in [0.25, 0.3) is 11.0 Å². The summed E-state index contributed by atoms with van der Waals surface area (Å²) in [7, 11) is 0. The maximum atomic E-state index is 11.2. The fraction of sp³-hybridized carbons (Fsp3) is 0.357. The lowest BCUT2D eigenvalue weighted by atomic mass is 10.1. The van der Waals surface area contributed by atoms with Gasteiger partial charge in [0.1, 0.15) is 29.6 Å². The molecule has 7 heteroatoms. The smallest absolute Gasteiger partial charge is 0.336 e. The molecule has 1 aliphatic heterocycles. The fourth-order valence-electron chi connectivity index (χ4n) is 2.13. The van der Waals surface area contributed by atoms with Crippen LogP contribution in [0.2, 0.25) is 0 Å². The number of aliphatic hydroxyl groups is 3. The standard InChI is InChI=1S/C14H14O7/c15-9-6-19-14(13(18)12(9)17)20-8-3-1-7-2-4-11(16)21-10(7)5-8/h1-5,9,12-15,17-18H,6H2. The predicted molar refractivity (Wildman–Crippen MR) is 70.9 cm³/mol. The minimum absolute atomic E-state index is 0.147. The summed E-state index contributed by atoms with van der Waals surface area (Å²) < 4.78 is 15.6. The normalized spacial score (nSPS) is 29.5. The van der Waals surface area contributed by atoms with Crippen molar-refractivity contribution in [3.63, 3.8) is 0 Å². The van der Waals surface area contributed by atoms with Crippen LogP contribution >= 0.6 is 0 Å². The van der Waals surface area contributed by atoms with Gasteiger partial charge < -0.3 is 29.2 Å². The van der Waals surface area contributed by atoms with Crippen molar-refractivity contribution in [2.24, 2.45) is 0 Å². The highest BCUT2D eigenvalue weighted by molar-refractivity contribution is 5.77. The summed E-state index contributed by atoms with van der Waals surface area (Å²) in [6, 6.07) is 7.74. The van der Waals surface area contributed by atoms with Gasteiger partial charge in [0.2, 0.25) is 6.29 Å². The predicted octanol–water partition coefficient (Wildman–Crippen LogP) is -0.389. The van der Waals surface area contributed by atoms with E-state index in [4.69, 9.17) is 13.9 Å². The van der Waals surface area contributed by atoms with Crippen LogP contribution in [0.3, 0.4) is 0 Å². The number of rotatable bonds is 2. The summed E-state index contributed by atoms with van der Waals surface area (Å²) >= 11 is 0. The van der Waals surface area contributed by atoms with E-state index in [1.54, 1.807) is 18.2 Å². The van der Waals surface area contributed by atoms with Gasteiger partial charge in [0, 0.05) is 17.5 Å². The summed E-state index contributed by atoms with van der Waals surface area (Å²) in [5.41, 5.74) is -0.141. The maximum Gasteiger partial charge on any atom is 0.336 e. The molecular formula is C14H14O7. The van der Waals surface area contributed by atoms with E-state index in [-0.39, 0.29) is 6.61 Å². The van der Waals surface area contributed by atoms with Crippen LogP contribution in [0.15, 0.2) is 39.5 Å². The van der Waals surface area contributed by atoms with Crippen LogP contribution in [-0.2, 0) is 4.74 Å². The van der Waals surface area contributed by atoms with Gasteiger partial charge in [0.25, 0.3) is 0 Å². The van der Waals surface area contributed by atoms with Gasteiger partial charge in [0.15, 0.2) is 0 Å². The molecule has 2 heterocycles. The molecule has 4 atom stereocenters. The topological polar surface area (TPSA) is 109 Å². The second kappa shape index (κ2) is 5.45. The zero-order valence-corrected chi connectivity index (χ0v) is 10.9. The number of hydrogen-bond acceptors (Lipinski definition) is 7. The largest absolute Gasteiger partial charge is 0.462 e. The van der Waals surface area contributed by atoms with Gasteiger partial charge in [-0.25, -0.2) is 4.79 Å². The molecule has 21 heavy (non-hydrogen) atoms.